The fourth-order valence-electron chi connectivity index (χ4n) is 1.33. The maximum absolute atomic E-state index is 11.3. The number of anilines is 1. The Balaban J connectivity index is 3.35. The lowest BCUT2D eigenvalue weighted by Crippen LogP contribution is -2.35. The molecule has 0 unspecified atom stereocenters. The van der Waals surface area contributed by atoms with Gasteiger partial charge in [-0.05, 0) is 6.07 Å². The summed E-state index contributed by atoms with van der Waals surface area (Å²) in [6.07, 6.45) is 2.59. The molecule has 3 amide bonds. The van der Waals surface area contributed by atoms with Crippen LogP contribution in [-0.2, 0) is 9.59 Å². The van der Waals surface area contributed by atoms with Gasteiger partial charge in [0.1, 0.15) is 0 Å². The molecule has 0 aromatic carbocycles. The molecule has 0 bridgehead atoms. The summed E-state index contributed by atoms with van der Waals surface area (Å²) in [6.45, 7) is 2.46. The Morgan fingerprint density at radius 1 is 1.25 bits per heavy atom. The molecule has 6 heteroatoms. The second kappa shape index (κ2) is 4.52. The van der Waals surface area contributed by atoms with Crippen LogP contribution in [0.25, 0.3) is 0 Å². The van der Waals surface area contributed by atoms with Crippen molar-refractivity contribution >= 4 is 23.4 Å². The summed E-state index contributed by atoms with van der Waals surface area (Å²) >= 11 is 0. The van der Waals surface area contributed by atoms with Crippen LogP contribution < -0.4 is 10.6 Å². The summed E-state index contributed by atoms with van der Waals surface area (Å²) in [5, 5.41) is 0. The number of aromatic nitrogens is 1. The van der Waals surface area contributed by atoms with Gasteiger partial charge in [-0.1, -0.05) is 0 Å². The molecule has 0 saturated heterocycles. The first-order chi connectivity index (χ1) is 7.45. The van der Waals surface area contributed by atoms with Gasteiger partial charge in [-0.15, -0.1) is 0 Å². The Labute approximate surface area is 92.1 Å². The maximum Gasteiger partial charge on any atom is 0.252 e. The van der Waals surface area contributed by atoms with Crippen LogP contribution in [0.5, 0.6) is 0 Å². The number of primary amides is 1. The quantitative estimate of drug-likeness (QED) is 0.765. The molecule has 0 spiro atoms. The number of hydrogen-bond donors (Lipinski definition) is 1. The first kappa shape index (κ1) is 11.8. The molecule has 0 saturated carbocycles. The Morgan fingerprint density at radius 3 is 2.25 bits per heavy atom. The summed E-state index contributed by atoms with van der Waals surface area (Å²) < 4.78 is 0. The number of hydrogen-bond acceptors (Lipinski definition) is 4. The normalized spacial score (nSPS) is 9.62. The third kappa shape index (κ3) is 2.22. The molecule has 2 N–H and O–H groups in total. The smallest absolute Gasteiger partial charge is 0.252 e. The molecule has 16 heavy (non-hydrogen) atoms. The number of nitrogens with two attached hydrogens (primary N) is 1. The first-order valence-corrected chi connectivity index (χ1v) is 4.50. The summed E-state index contributed by atoms with van der Waals surface area (Å²) in [5.74, 6) is -1.71. The van der Waals surface area contributed by atoms with E-state index in [1.54, 1.807) is 0 Å². The molecule has 0 aliphatic rings. The molecule has 6 nitrogen and oxygen atoms in total. The van der Waals surface area contributed by atoms with Crippen molar-refractivity contribution in [1.82, 2.24) is 4.98 Å². The highest BCUT2D eigenvalue weighted by molar-refractivity contribution is 6.16. The van der Waals surface area contributed by atoms with E-state index in [0.29, 0.717) is 0 Å². The molecule has 1 heterocycles. The zero-order valence-electron chi connectivity index (χ0n) is 8.93. The van der Waals surface area contributed by atoms with E-state index >= 15 is 0 Å². The Morgan fingerprint density at radius 2 is 1.81 bits per heavy atom. The second-order valence-corrected chi connectivity index (χ2v) is 3.13. The van der Waals surface area contributed by atoms with Crippen LogP contribution in [0.15, 0.2) is 18.5 Å². The predicted octanol–water partition coefficient (Wildman–Crippen LogP) is 0.0799. The topological polar surface area (TPSA) is 93.4 Å². The number of rotatable bonds is 2. The van der Waals surface area contributed by atoms with Gasteiger partial charge < -0.3 is 5.73 Å². The molecule has 0 aliphatic carbocycles. The van der Waals surface area contributed by atoms with E-state index in [9.17, 15) is 14.4 Å². The van der Waals surface area contributed by atoms with Crippen LogP contribution >= 0.6 is 0 Å². The molecule has 0 atom stereocenters. The predicted molar refractivity (Wildman–Crippen MR) is 56.6 cm³/mol. The molecular formula is C10H11N3O3. The van der Waals surface area contributed by atoms with Crippen molar-refractivity contribution in [3.8, 4) is 0 Å². The van der Waals surface area contributed by atoms with Crippen LogP contribution in [0, 0.1) is 0 Å². The molecule has 1 aromatic rings. The molecular weight excluding hydrogens is 210 g/mol. The van der Waals surface area contributed by atoms with Crippen molar-refractivity contribution in [3.63, 3.8) is 0 Å². The summed E-state index contributed by atoms with van der Waals surface area (Å²) in [7, 11) is 0. The van der Waals surface area contributed by atoms with Gasteiger partial charge in [-0.3, -0.25) is 24.3 Å². The van der Waals surface area contributed by atoms with Gasteiger partial charge in [-0.2, -0.15) is 0 Å². The molecule has 0 aliphatic heterocycles. The van der Waals surface area contributed by atoms with Crippen LogP contribution in [0.2, 0.25) is 0 Å². The average molecular weight is 221 g/mol. The molecule has 1 rings (SSSR count). The maximum atomic E-state index is 11.3. The SMILES string of the molecule is CC(=O)N(C(C)=O)c1ccncc1C(N)=O. The average Bonchev–Trinajstić information content (AvgIpc) is 2.17. The van der Waals surface area contributed by atoms with Crippen LogP contribution in [0.4, 0.5) is 5.69 Å². The summed E-state index contributed by atoms with van der Waals surface area (Å²) in [5.41, 5.74) is 5.31. The van der Waals surface area contributed by atoms with E-state index in [-0.39, 0.29) is 11.3 Å². The monoisotopic (exact) mass is 221 g/mol. The minimum atomic E-state index is -0.740. The Hall–Kier alpha value is -2.24. The van der Waals surface area contributed by atoms with E-state index in [0.717, 1.165) is 4.90 Å². The van der Waals surface area contributed by atoms with Crippen LogP contribution in [0.3, 0.4) is 0 Å². The van der Waals surface area contributed by atoms with Gasteiger partial charge in [-0.25, -0.2) is 0 Å². The Bertz CT molecular complexity index is 442. The van der Waals surface area contributed by atoms with E-state index < -0.39 is 17.7 Å². The first-order valence-electron chi connectivity index (χ1n) is 4.50. The lowest BCUT2D eigenvalue weighted by atomic mass is 10.2. The van der Waals surface area contributed by atoms with Gasteiger partial charge in [0.15, 0.2) is 0 Å². The summed E-state index contributed by atoms with van der Waals surface area (Å²) in [6, 6.07) is 1.39. The van der Waals surface area contributed by atoms with Crippen molar-refractivity contribution in [2.75, 3.05) is 4.90 Å². The Kier molecular flexibility index (Phi) is 3.34. The minimum absolute atomic E-state index is 0.0351. The standard InChI is InChI=1S/C10H11N3O3/c1-6(14)13(7(2)15)9-3-4-12-5-8(9)10(11)16/h3-5H,1-2H3,(H2,11,16). The van der Waals surface area contributed by atoms with Gasteiger partial charge in [0.2, 0.25) is 11.8 Å². The molecule has 0 fully saturated rings. The van der Waals surface area contributed by atoms with E-state index in [4.69, 9.17) is 5.73 Å². The third-order valence-electron chi connectivity index (χ3n) is 1.93. The van der Waals surface area contributed by atoms with Crippen molar-refractivity contribution in [2.24, 2.45) is 5.73 Å². The van der Waals surface area contributed by atoms with E-state index in [1.165, 1.54) is 32.3 Å². The van der Waals surface area contributed by atoms with Gasteiger partial charge in [0.05, 0.1) is 11.3 Å². The van der Waals surface area contributed by atoms with E-state index in [1.807, 2.05) is 0 Å². The number of amides is 3. The highest BCUT2D eigenvalue weighted by Crippen LogP contribution is 2.19. The highest BCUT2D eigenvalue weighted by Gasteiger charge is 2.21. The van der Waals surface area contributed by atoms with Crippen molar-refractivity contribution in [2.45, 2.75) is 13.8 Å². The second-order valence-electron chi connectivity index (χ2n) is 3.13. The van der Waals surface area contributed by atoms with Gasteiger partial charge in [0.25, 0.3) is 5.91 Å². The lowest BCUT2D eigenvalue weighted by molar-refractivity contribution is -0.124. The van der Waals surface area contributed by atoms with Crippen LogP contribution in [0.1, 0.15) is 24.2 Å². The third-order valence-corrected chi connectivity index (χ3v) is 1.93. The largest absolute Gasteiger partial charge is 0.365 e. The zero-order valence-corrected chi connectivity index (χ0v) is 8.93. The number of nitrogens with zero attached hydrogens (tertiary/aromatic N) is 2. The van der Waals surface area contributed by atoms with E-state index in [2.05, 4.69) is 4.98 Å². The van der Waals surface area contributed by atoms with Crippen molar-refractivity contribution in [3.05, 3.63) is 24.0 Å². The minimum Gasteiger partial charge on any atom is -0.365 e. The number of carbonyl (C=O) groups excluding carboxylic acids is 3. The number of imide groups is 1. The number of carbonyl (C=O) groups is 3. The molecule has 1 aromatic heterocycles. The lowest BCUT2D eigenvalue weighted by Gasteiger charge is -2.18. The fourth-order valence-corrected chi connectivity index (χ4v) is 1.33. The van der Waals surface area contributed by atoms with Gasteiger partial charge >= 0.3 is 0 Å². The highest BCUT2D eigenvalue weighted by atomic mass is 16.2. The summed E-state index contributed by atoms with van der Waals surface area (Å²) in [4.78, 5) is 38.3. The molecule has 84 valence electrons. The molecule has 0 radical (unpaired) electrons. The van der Waals surface area contributed by atoms with Crippen LogP contribution in [-0.4, -0.2) is 22.7 Å². The zero-order chi connectivity index (χ0) is 12.3. The fraction of sp³-hybridized carbons (Fsp3) is 0.200. The number of pyridine rings is 1. The van der Waals surface area contributed by atoms with Crippen molar-refractivity contribution < 1.29 is 14.4 Å². The van der Waals surface area contributed by atoms with Crippen molar-refractivity contribution in [1.29, 1.82) is 0 Å². The van der Waals surface area contributed by atoms with Gasteiger partial charge in [0, 0.05) is 26.2 Å².